The third-order valence-electron chi connectivity index (χ3n) is 1.61. The fourth-order valence-electron chi connectivity index (χ4n) is 0.921. The summed E-state index contributed by atoms with van der Waals surface area (Å²) in [6.07, 6.45) is -0.941. The summed E-state index contributed by atoms with van der Waals surface area (Å²) in [4.78, 5) is 10.9. The molecule has 1 amide bonds. The fraction of sp³-hybridized carbons (Fsp3) is 0.222. The van der Waals surface area contributed by atoms with E-state index in [0.29, 0.717) is 0 Å². The van der Waals surface area contributed by atoms with Gasteiger partial charge in [-0.25, -0.2) is 13.2 Å². The maximum atomic E-state index is 10.9. The number of rotatable bonds is 4. The fourth-order valence-corrected chi connectivity index (χ4v) is 1.22. The SMILES string of the molecule is O=C(NCS(=O)(=O)[O-])OCc1ccccc1.[Na+]. The summed E-state index contributed by atoms with van der Waals surface area (Å²) in [6.45, 7) is 0.0194. The number of carbonyl (C=O) groups is 1. The van der Waals surface area contributed by atoms with Crippen LogP contribution in [0.4, 0.5) is 4.79 Å². The largest absolute Gasteiger partial charge is 1.00 e. The van der Waals surface area contributed by atoms with Crippen molar-refractivity contribution in [3.8, 4) is 0 Å². The second-order valence-electron chi connectivity index (χ2n) is 2.94. The Morgan fingerprint density at radius 3 is 2.41 bits per heavy atom. The number of nitrogens with one attached hydrogen (secondary N) is 1. The van der Waals surface area contributed by atoms with Gasteiger partial charge in [0.1, 0.15) is 22.6 Å². The standard InChI is InChI=1S/C9H11NO5S.Na/c11-9(10-7-16(12,13)14)15-6-8-4-2-1-3-5-8;/h1-5H,6-7H2,(H,10,11)(H,12,13,14);/q;+1/p-1. The molecule has 0 aromatic heterocycles. The minimum Gasteiger partial charge on any atom is -0.747 e. The van der Waals surface area contributed by atoms with Gasteiger partial charge in [0.15, 0.2) is 0 Å². The molecule has 0 aliphatic heterocycles. The summed E-state index contributed by atoms with van der Waals surface area (Å²) >= 11 is 0. The van der Waals surface area contributed by atoms with Crippen LogP contribution in [0.25, 0.3) is 0 Å². The number of hydrogen-bond acceptors (Lipinski definition) is 5. The summed E-state index contributed by atoms with van der Waals surface area (Å²) in [7, 11) is -4.46. The average Bonchev–Trinajstić information content (AvgIpc) is 2.24. The van der Waals surface area contributed by atoms with Gasteiger partial charge in [-0.15, -0.1) is 0 Å². The van der Waals surface area contributed by atoms with E-state index < -0.39 is 22.1 Å². The van der Waals surface area contributed by atoms with E-state index in [-0.39, 0.29) is 36.2 Å². The minimum atomic E-state index is -4.46. The molecule has 6 nitrogen and oxygen atoms in total. The molecule has 1 rings (SSSR count). The molecule has 1 N–H and O–H groups in total. The van der Waals surface area contributed by atoms with Crippen molar-refractivity contribution in [1.29, 1.82) is 0 Å². The van der Waals surface area contributed by atoms with Gasteiger partial charge < -0.3 is 14.6 Å². The molecule has 0 fully saturated rings. The molecule has 0 unspecified atom stereocenters. The Balaban J connectivity index is 0.00000256. The average molecular weight is 267 g/mol. The van der Waals surface area contributed by atoms with Crippen molar-refractivity contribution in [3.05, 3.63) is 35.9 Å². The number of hydrogen-bond donors (Lipinski definition) is 1. The maximum Gasteiger partial charge on any atom is 1.00 e. The Kier molecular flexibility index (Phi) is 7.40. The maximum absolute atomic E-state index is 10.9. The van der Waals surface area contributed by atoms with Crippen molar-refractivity contribution >= 4 is 16.2 Å². The first-order valence-corrected chi connectivity index (χ1v) is 5.93. The van der Waals surface area contributed by atoms with Gasteiger partial charge in [0.2, 0.25) is 0 Å². The Morgan fingerprint density at radius 2 is 1.88 bits per heavy atom. The molecule has 0 bridgehead atoms. The van der Waals surface area contributed by atoms with Crippen LogP contribution in [0.5, 0.6) is 0 Å². The molecule has 0 heterocycles. The van der Waals surface area contributed by atoms with Gasteiger partial charge in [-0.05, 0) is 5.56 Å². The van der Waals surface area contributed by atoms with Crippen LogP contribution in [0.2, 0.25) is 0 Å². The smallest absolute Gasteiger partial charge is 0.747 e. The number of alkyl carbamates (subject to hydrolysis) is 1. The van der Waals surface area contributed by atoms with E-state index in [9.17, 15) is 17.8 Å². The predicted octanol–water partition coefficient (Wildman–Crippen LogP) is -2.58. The van der Waals surface area contributed by atoms with Gasteiger partial charge >= 0.3 is 35.7 Å². The second kappa shape index (κ2) is 7.67. The first-order chi connectivity index (χ1) is 7.47. The zero-order valence-electron chi connectivity index (χ0n) is 9.25. The van der Waals surface area contributed by atoms with Crippen molar-refractivity contribution in [1.82, 2.24) is 5.32 Å². The van der Waals surface area contributed by atoms with Crippen molar-refractivity contribution in [3.63, 3.8) is 0 Å². The van der Waals surface area contributed by atoms with Crippen molar-refractivity contribution in [2.24, 2.45) is 0 Å². The van der Waals surface area contributed by atoms with Crippen LogP contribution in [0, 0.1) is 0 Å². The Bertz CT molecular complexity index is 448. The zero-order valence-corrected chi connectivity index (χ0v) is 12.1. The molecule has 0 spiro atoms. The molecule has 0 saturated carbocycles. The molecule has 0 saturated heterocycles. The molecule has 1 aromatic carbocycles. The van der Waals surface area contributed by atoms with Crippen LogP contribution in [-0.4, -0.2) is 24.9 Å². The van der Waals surface area contributed by atoms with E-state index in [1.165, 1.54) is 0 Å². The van der Waals surface area contributed by atoms with E-state index >= 15 is 0 Å². The summed E-state index contributed by atoms with van der Waals surface area (Å²) in [5, 5.41) is 1.83. The van der Waals surface area contributed by atoms with Gasteiger partial charge in [-0.1, -0.05) is 30.3 Å². The number of carbonyl (C=O) groups excluding carboxylic acids is 1. The normalized spacial score (nSPS) is 10.2. The van der Waals surface area contributed by atoms with Crippen LogP contribution < -0.4 is 34.9 Å². The molecule has 0 radical (unpaired) electrons. The molecule has 0 aliphatic carbocycles. The van der Waals surface area contributed by atoms with E-state index in [1.807, 2.05) is 11.4 Å². The Labute approximate surface area is 121 Å². The zero-order chi connectivity index (χ0) is 12.0. The molecule has 8 heteroatoms. The number of amides is 1. The van der Waals surface area contributed by atoms with Gasteiger partial charge in [-0.3, -0.25) is 0 Å². The Morgan fingerprint density at radius 1 is 1.29 bits per heavy atom. The van der Waals surface area contributed by atoms with E-state index in [4.69, 9.17) is 0 Å². The Hall–Kier alpha value is -0.600. The minimum absolute atomic E-state index is 0. The van der Waals surface area contributed by atoms with Gasteiger partial charge in [-0.2, -0.15) is 0 Å². The third kappa shape index (κ3) is 8.17. The van der Waals surface area contributed by atoms with Crippen molar-refractivity contribution in [2.45, 2.75) is 6.61 Å². The van der Waals surface area contributed by atoms with Crippen LogP contribution in [0.15, 0.2) is 30.3 Å². The molecule has 17 heavy (non-hydrogen) atoms. The molecule has 0 atom stereocenters. The van der Waals surface area contributed by atoms with Crippen molar-refractivity contribution < 1.29 is 52.1 Å². The number of benzene rings is 1. The van der Waals surface area contributed by atoms with Gasteiger partial charge in [0, 0.05) is 0 Å². The van der Waals surface area contributed by atoms with E-state index in [2.05, 4.69) is 4.74 Å². The second-order valence-corrected chi connectivity index (χ2v) is 4.34. The van der Waals surface area contributed by atoms with E-state index in [0.717, 1.165) is 5.56 Å². The quantitative estimate of drug-likeness (QED) is 0.477. The topological polar surface area (TPSA) is 95.5 Å². The van der Waals surface area contributed by atoms with Crippen LogP contribution in [0.1, 0.15) is 5.56 Å². The summed E-state index contributed by atoms with van der Waals surface area (Å²) in [5.74, 6) is -0.972. The third-order valence-corrected chi connectivity index (χ3v) is 2.10. The summed E-state index contributed by atoms with van der Waals surface area (Å²) < 4.78 is 35.2. The van der Waals surface area contributed by atoms with Gasteiger partial charge in [0.25, 0.3) is 0 Å². The monoisotopic (exact) mass is 267 g/mol. The first kappa shape index (κ1) is 16.4. The summed E-state index contributed by atoms with van der Waals surface area (Å²) in [6, 6.07) is 8.86. The molecule has 88 valence electrons. The van der Waals surface area contributed by atoms with E-state index in [1.54, 1.807) is 24.3 Å². The summed E-state index contributed by atoms with van der Waals surface area (Å²) in [5.41, 5.74) is 0.766. The van der Waals surface area contributed by atoms with Crippen LogP contribution in [-0.2, 0) is 21.5 Å². The first-order valence-electron chi connectivity index (χ1n) is 4.35. The molecule has 0 aliphatic rings. The predicted molar refractivity (Wildman–Crippen MR) is 54.3 cm³/mol. The molecular weight excluding hydrogens is 257 g/mol. The molecule has 1 aromatic rings. The van der Waals surface area contributed by atoms with Crippen molar-refractivity contribution in [2.75, 3.05) is 5.88 Å². The van der Waals surface area contributed by atoms with Gasteiger partial charge in [0.05, 0.1) is 0 Å². The van der Waals surface area contributed by atoms with Crippen LogP contribution >= 0.6 is 0 Å². The number of ether oxygens (including phenoxy) is 1. The van der Waals surface area contributed by atoms with Crippen LogP contribution in [0.3, 0.4) is 0 Å². The molecular formula is C9H10NNaO5S.